The average Bonchev–Trinajstić information content (AvgIpc) is 2.74. The molecule has 1 aromatic carbocycles. The van der Waals surface area contributed by atoms with Gasteiger partial charge in [0, 0.05) is 18.8 Å². The van der Waals surface area contributed by atoms with Crippen molar-refractivity contribution in [2.75, 3.05) is 30.7 Å². The highest BCUT2D eigenvalue weighted by atomic mass is 32.2. The Kier molecular flexibility index (Phi) is 8.58. The minimum Gasteiger partial charge on any atom is -0.452 e. The number of benzene rings is 1. The first-order valence-corrected chi connectivity index (χ1v) is 12.0. The van der Waals surface area contributed by atoms with Gasteiger partial charge in [-0.3, -0.25) is 14.4 Å². The number of anilines is 1. The molecule has 2 rings (SSSR count). The van der Waals surface area contributed by atoms with E-state index in [1.165, 1.54) is 11.2 Å². The van der Waals surface area contributed by atoms with Gasteiger partial charge in [-0.1, -0.05) is 18.2 Å². The summed E-state index contributed by atoms with van der Waals surface area (Å²) in [5, 5.41) is 5.24. The zero-order valence-electron chi connectivity index (χ0n) is 18.4. The van der Waals surface area contributed by atoms with Crippen LogP contribution in [0.5, 0.6) is 0 Å². The van der Waals surface area contributed by atoms with Crippen molar-refractivity contribution < 1.29 is 27.5 Å². The van der Waals surface area contributed by atoms with Crippen LogP contribution in [0.25, 0.3) is 0 Å². The van der Waals surface area contributed by atoms with Gasteiger partial charge in [-0.2, -0.15) is 0 Å². The second-order valence-electron chi connectivity index (χ2n) is 7.69. The molecule has 0 saturated carbocycles. The van der Waals surface area contributed by atoms with Crippen molar-refractivity contribution in [3.63, 3.8) is 0 Å². The third-order valence-electron chi connectivity index (χ3n) is 5.38. The van der Waals surface area contributed by atoms with E-state index < -0.39 is 33.9 Å². The molecule has 1 heterocycles. The van der Waals surface area contributed by atoms with E-state index in [4.69, 9.17) is 4.74 Å². The molecule has 1 aromatic rings. The number of para-hydroxylation sites is 1. The van der Waals surface area contributed by atoms with Crippen molar-refractivity contribution in [2.24, 2.45) is 5.92 Å². The number of esters is 1. The Bertz CT molecular complexity index is 903. The number of nitrogens with one attached hydrogen (secondary N) is 2. The summed E-state index contributed by atoms with van der Waals surface area (Å²) < 4.78 is 30.4. The van der Waals surface area contributed by atoms with Gasteiger partial charge in [0.05, 0.1) is 18.2 Å². The molecule has 0 aliphatic carbocycles. The summed E-state index contributed by atoms with van der Waals surface area (Å²) in [6, 6.07) is 5.65. The highest BCUT2D eigenvalue weighted by Gasteiger charge is 2.32. The summed E-state index contributed by atoms with van der Waals surface area (Å²) in [4.78, 5) is 36.7. The van der Waals surface area contributed by atoms with E-state index >= 15 is 0 Å². The summed E-state index contributed by atoms with van der Waals surface area (Å²) in [6.07, 6.45) is -0.354. The zero-order valence-corrected chi connectivity index (χ0v) is 19.3. The number of carbonyl (C=O) groups excluding carboxylic acids is 3. The first-order chi connectivity index (χ1) is 14.5. The molecule has 1 atom stereocenters. The minimum atomic E-state index is -3.27. The van der Waals surface area contributed by atoms with Crippen LogP contribution in [0.4, 0.5) is 5.69 Å². The Balaban J connectivity index is 1.78. The summed E-state index contributed by atoms with van der Waals surface area (Å²) >= 11 is 0. The second kappa shape index (κ2) is 10.7. The van der Waals surface area contributed by atoms with Gasteiger partial charge in [0.25, 0.3) is 5.91 Å². The van der Waals surface area contributed by atoms with Gasteiger partial charge in [-0.25, -0.2) is 12.7 Å². The molecule has 1 saturated heterocycles. The number of carbonyl (C=O) groups is 3. The molecular formula is C21H31N3O6S. The van der Waals surface area contributed by atoms with E-state index in [0.717, 1.165) is 11.1 Å². The number of amides is 2. The molecule has 10 heteroatoms. The Morgan fingerprint density at radius 1 is 1.16 bits per heavy atom. The first kappa shape index (κ1) is 24.8. The topological polar surface area (TPSA) is 122 Å². The molecule has 0 spiro atoms. The third kappa shape index (κ3) is 6.76. The normalized spacial score (nSPS) is 16.4. The SMILES string of the molecule is CCS(=O)(=O)N1CCC(C(=O)OC(C)C(=O)NCC(=O)Nc2c(C)cccc2C)CC1. The summed E-state index contributed by atoms with van der Waals surface area (Å²) in [7, 11) is -3.27. The maximum absolute atomic E-state index is 12.3. The van der Waals surface area contributed by atoms with Crippen LogP contribution < -0.4 is 10.6 Å². The molecule has 172 valence electrons. The number of aryl methyl sites for hydroxylation is 2. The van der Waals surface area contributed by atoms with E-state index in [9.17, 15) is 22.8 Å². The van der Waals surface area contributed by atoms with Gasteiger partial charge in [0.15, 0.2) is 6.10 Å². The number of sulfonamides is 1. The van der Waals surface area contributed by atoms with Gasteiger partial charge >= 0.3 is 5.97 Å². The van der Waals surface area contributed by atoms with Crippen LogP contribution in [0.2, 0.25) is 0 Å². The predicted octanol–water partition coefficient (Wildman–Crippen LogP) is 1.35. The van der Waals surface area contributed by atoms with E-state index in [0.29, 0.717) is 18.5 Å². The lowest BCUT2D eigenvalue weighted by Gasteiger charge is -2.30. The fourth-order valence-electron chi connectivity index (χ4n) is 3.38. The van der Waals surface area contributed by atoms with Gasteiger partial charge in [0.2, 0.25) is 15.9 Å². The van der Waals surface area contributed by atoms with Crippen LogP contribution >= 0.6 is 0 Å². The van der Waals surface area contributed by atoms with Gasteiger partial charge < -0.3 is 15.4 Å². The van der Waals surface area contributed by atoms with Crippen molar-refractivity contribution in [1.29, 1.82) is 0 Å². The number of rotatable bonds is 8. The van der Waals surface area contributed by atoms with Crippen LogP contribution in [0.3, 0.4) is 0 Å². The monoisotopic (exact) mass is 453 g/mol. The van der Waals surface area contributed by atoms with Crippen LogP contribution in [-0.4, -0.2) is 62.0 Å². The molecular weight excluding hydrogens is 422 g/mol. The second-order valence-corrected chi connectivity index (χ2v) is 9.94. The Hall–Kier alpha value is -2.46. The molecule has 0 bridgehead atoms. The Morgan fingerprint density at radius 3 is 2.29 bits per heavy atom. The molecule has 1 unspecified atom stereocenters. The smallest absolute Gasteiger partial charge is 0.309 e. The van der Waals surface area contributed by atoms with Crippen molar-refractivity contribution in [3.8, 4) is 0 Å². The highest BCUT2D eigenvalue weighted by molar-refractivity contribution is 7.89. The van der Waals surface area contributed by atoms with E-state index in [1.54, 1.807) is 6.92 Å². The molecule has 0 radical (unpaired) electrons. The van der Waals surface area contributed by atoms with Crippen molar-refractivity contribution in [3.05, 3.63) is 29.3 Å². The van der Waals surface area contributed by atoms with Crippen molar-refractivity contribution in [2.45, 2.75) is 46.6 Å². The quantitative estimate of drug-likeness (QED) is 0.573. The average molecular weight is 454 g/mol. The Labute approximate surface area is 183 Å². The minimum absolute atomic E-state index is 0.0241. The van der Waals surface area contributed by atoms with Gasteiger partial charge in [-0.15, -0.1) is 0 Å². The maximum Gasteiger partial charge on any atom is 0.309 e. The third-order valence-corrected chi connectivity index (χ3v) is 7.26. The summed E-state index contributed by atoms with van der Waals surface area (Å²) in [5.74, 6) is -1.91. The number of piperidine rings is 1. The van der Waals surface area contributed by atoms with E-state index in [2.05, 4.69) is 10.6 Å². The molecule has 2 N–H and O–H groups in total. The summed E-state index contributed by atoms with van der Waals surface area (Å²) in [5.41, 5.74) is 2.54. The highest BCUT2D eigenvalue weighted by Crippen LogP contribution is 2.22. The number of nitrogens with zero attached hydrogens (tertiary/aromatic N) is 1. The van der Waals surface area contributed by atoms with E-state index in [1.807, 2.05) is 32.0 Å². The predicted molar refractivity (Wildman–Crippen MR) is 117 cm³/mol. The lowest BCUT2D eigenvalue weighted by molar-refractivity contribution is -0.159. The summed E-state index contributed by atoms with van der Waals surface area (Å²) in [6.45, 7) is 7.05. The fourth-order valence-corrected chi connectivity index (χ4v) is 4.51. The number of ether oxygens (including phenoxy) is 1. The van der Waals surface area contributed by atoms with Crippen LogP contribution in [0.1, 0.15) is 37.8 Å². The van der Waals surface area contributed by atoms with Gasteiger partial charge in [0.1, 0.15) is 0 Å². The zero-order chi connectivity index (χ0) is 23.2. The molecule has 1 fully saturated rings. The maximum atomic E-state index is 12.3. The first-order valence-electron chi connectivity index (χ1n) is 10.4. The number of hydrogen-bond acceptors (Lipinski definition) is 6. The molecule has 1 aliphatic heterocycles. The van der Waals surface area contributed by atoms with Crippen LogP contribution in [-0.2, 0) is 29.1 Å². The van der Waals surface area contributed by atoms with E-state index in [-0.39, 0.29) is 31.3 Å². The number of hydrogen-bond donors (Lipinski definition) is 2. The largest absolute Gasteiger partial charge is 0.452 e. The molecule has 9 nitrogen and oxygen atoms in total. The van der Waals surface area contributed by atoms with Crippen molar-refractivity contribution >= 4 is 33.5 Å². The molecule has 1 aliphatic rings. The molecule has 0 aromatic heterocycles. The van der Waals surface area contributed by atoms with Crippen molar-refractivity contribution in [1.82, 2.24) is 9.62 Å². The van der Waals surface area contributed by atoms with Crippen LogP contribution in [0.15, 0.2) is 18.2 Å². The van der Waals surface area contributed by atoms with Crippen LogP contribution in [0, 0.1) is 19.8 Å². The van der Waals surface area contributed by atoms with Gasteiger partial charge in [-0.05, 0) is 51.7 Å². The standard InChI is InChI=1S/C21H31N3O6S/c1-5-31(28,29)24-11-9-17(10-12-24)21(27)30-16(4)20(26)22-13-18(25)23-19-14(2)7-6-8-15(19)3/h6-8,16-17H,5,9-13H2,1-4H3,(H,22,26)(H,23,25). The Morgan fingerprint density at radius 2 is 1.74 bits per heavy atom. The lowest BCUT2D eigenvalue weighted by Crippen LogP contribution is -2.43. The molecule has 31 heavy (non-hydrogen) atoms. The lowest BCUT2D eigenvalue weighted by atomic mass is 9.98. The fraction of sp³-hybridized carbons (Fsp3) is 0.571. The molecule has 2 amide bonds.